The van der Waals surface area contributed by atoms with Gasteiger partial charge in [-0.3, -0.25) is 9.59 Å². The highest BCUT2D eigenvalue weighted by Crippen LogP contribution is 2.27. The van der Waals surface area contributed by atoms with Crippen molar-refractivity contribution in [3.63, 3.8) is 0 Å². The zero-order valence-electron chi connectivity index (χ0n) is 27.0. The van der Waals surface area contributed by atoms with Crippen LogP contribution in [-0.4, -0.2) is 59.6 Å². The monoisotopic (exact) mass is 637 g/mol. The van der Waals surface area contributed by atoms with Gasteiger partial charge in [-0.05, 0) is 47.9 Å². The number of benzene rings is 2. The van der Waals surface area contributed by atoms with Gasteiger partial charge in [0.25, 0.3) is 0 Å². The Morgan fingerprint density at radius 3 is 1.57 bits per heavy atom. The number of carbonyl (C=O) groups excluding carboxylic acids is 2. The summed E-state index contributed by atoms with van der Waals surface area (Å²) < 4.78 is 0. The van der Waals surface area contributed by atoms with E-state index in [0.29, 0.717) is 38.9 Å². The average molecular weight is 638 g/mol. The molecule has 5 rings (SSSR count). The van der Waals surface area contributed by atoms with Crippen LogP contribution in [0.15, 0.2) is 71.8 Å². The highest BCUT2D eigenvalue weighted by atomic mass is 32.1. The second kappa shape index (κ2) is 16.1. The van der Waals surface area contributed by atoms with Gasteiger partial charge in [-0.15, -0.1) is 11.3 Å². The lowest BCUT2D eigenvalue weighted by Crippen LogP contribution is -2.31. The number of aromatic amines is 2. The van der Waals surface area contributed by atoms with Gasteiger partial charge in [0, 0.05) is 31.3 Å². The number of imidazole rings is 2. The van der Waals surface area contributed by atoms with Gasteiger partial charge in [0.05, 0.1) is 48.1 Å². The number of nitrogens with zero attached hydrogens (tertiary/aromatic N) is 5. The number of thiazole rings is 1. The summed E-state index contributed by atoms with van der Waals surface area (Å²) in [7, 11) is 0. The first-order chi connectivity index (χ1) is 22.5. The van der Waals surface area contributed by atoms with Gasteiger partial charge in [0.1, 0.15) is 11.6 Å². The van der Waals surface area contributed by atoms with Crippen molar-refractivity contribution in [1.82, 2.24) is 34.7 Å². The molecule has 10 heteroatoms. The maximum atomic E-state index is 12.9. The van der Waals surface area contributed by atoms with Crippen LogP contribution < -0.4 is 0 Å². The van der Waals surface area contributed by atoms with E-state index < -0.39 is 0 Å². The predicted molar refractivity (Wildman–Crippen MR) is 184 cm³/mol. The maximum absolute atomic E-state index is 12.9. The molecule has 2 aromatic carbocycles. The number of rotatable bonds is 16. The molecule has 0 aliphatic rings. The number of amides is 2. The lowest BCUT2D eigenvalue weighted by atomic mass is 10.0. The quantitative estimate of drug-likeness (QED) is 0.116. The molecule has 2 amide bonds. The van der Waals surface area contributed by atoms with Crippen molar-refractivity contribution in [3.05, 3.63) is 89.2 Å². The molecular formula is C36H43N7O2S. The normalized spacial score (nSPS) is 11.1. The number of nitrogens with one attached hydrogen (secondary N) is 2. The molecule has 0 saturated heterocycles. The largest absolute Gasteiger partial charge is 0.341 e. The van der Waals surface area contributed by atoms with E-state index in [1.165, 1.54) is 0 Å². The molecule has 3 aromatic heterocycles. The van der Waals surface area contributed by atoms with Crippen molar-refractivity contribution in [2.75, 3.05) is 13.1 Å². The minimum Gasteiger partial charge on any atom is -0.341 e. The standard InChI is InChI=1S/C36H43N7O2S/c1-4-7-35(44)42(18-5-2)22-33-37-20-31(40-33)28-12-8-26(9-13-28)27-10-14-29(15-11-27)32-21-38-34(41-32)23-43(19-6-3)36(45)17-16-30-24-46-25-39-30/h8-15,20-21,24-25H,4-7,16-19,22-23H2,1-3H3,(H,37,40)(H,38,41). The first-order valence-corrected chi connectivity index (χ1v) is 17.1. The van der Waals surface area contributed by atoms with E-state index in [2.05, 4.69) is 87.3 Å². The van der Waals surface area contributed by atoms with Crippen molar-refractivity contribution >= 4 is 23.2 Å². The van der Waals surface area contributed by atoms with Gasteiger partial charge in [-0.2, -0.15) is 0 Å². The summed E-state index contributed by atoms with van der Waals surface area (Å²) in [5.74, 6) is 1.87. The Bertz CT molecular complexity index is 1670. The summed E-state index contributed by atoms with van der Waals surface area (Å²) in [6.07, 6.45) is 8.00. The van der Waals surface area contributed by atoms with Crippen LogP contribution in [0.2, 0.25) is 0 Å². The molecule has 0 aliphatic heterocycles. The summed E-state index contributed by atoms with van der Waals surface area (Å²) in [5.41, 5.74) is 8.94. The van der Waals surface area contributed by atoms with E-state index in [-0.39, 0.29) is 11.8 Å². The van der Waals surface area contributed by atoms with Crippen LogP contribution in [0.1, 0.15) is 70.2 Å². The van der Waals surface area contributed by atoms with E-state index in [4.69, 9.17) is 0 Å². The van der Waals surface area contributed by atoms with Crippen molar-refractivity contribution in [3.8, 4) is 33.6 Å². The molecule has 0 radical (unpaired) electrons. The molecule has 5 aromatic rings. The average Bonchev–Trinajstić information content (AvgIpc) is 3.87. The molecular weight excluding hydrogens is 595 g/mol. The molecule has 0 fully saturated rings. The van der Waals surface area contributed by atoms with Crippen molar-refractivity contribution < 1.29 is 9.59 Å². The summed E-state index contributed by atoms with van der Waals surface area (Å²) in [5, 5.41) is 2.00. The van der Waals surface area contributed by atoms with Crippen LogP contribution >= 0.6 is 11.3 Å². The topological polar surface area (TPSA) is 111 Å². The van der Waals surface area contributed by atoms with Crippen molar-refractivity contribution in [2.45, 2.75) is 72.4 Å². The fourth-order valence-electron chi connectivity index (χ4n) is 5.47. The van der Waals surface area contributed by atoms with Gasteiger partial charge in [-0.1, -0.05) is 69.3 Å². The van der Waals surface area contributed by atoms with E-state index in [9.17, 15) is 9.59 Å². The molecule has 3 heterocycles. The van der Waals surface area contributed by atoms with Crippen LogP contribution in [-0.2, 0) is 29.1 Å². The first kappa shape index (κ1) is 32.8. The van der Waals surface area contributed by atoms with Crippen molar-refractivity contribution in [1.29, 1.82) is 0 Å². The number of aryl methyl sites for hydroxylation is 1. The summed E-state index contributed by atoms with van der Waals surface area (Å²) in [6.45, 7) is 8.58. The number of hydrogen-bond donors (Lipinski definition) is 2. The minimum atomic E-state index is 0.119. The summed E-state index contributed by atoms with van der Waals surface area (Å²) in [4.78, 5) is 49.4. The zero-order valence-corrected chi connectivity index (χ0v) is 27.8. The van der Waals surface area contributed by atoms with Crippen LogP contribution in [0, 0.1) is 0 Å². The van der Waals surface area contributed by atoms with Gasteiger partial charge < -0.3 is 19.8 Å². The molecule has 46 heavy (non-hydrogen) atoms. The molecule has 2 N–H and O–H groups in total. The van der Waals surface area contributed by atoms with Gasteiger partial charge in [0.2, 0.25) is 11.8 Å². The number of H-pyrrole nitrogens is 2. The maximum Gasteiger partial charge on any atom is 0.223 e. The lowest BCUT2D eigenvalue weighted by molar-refractivity contribution is -0.132. The Balaban J connectivity index is 1.19. The number of hydrogen-bond acceptors (Lipinski definition) is 6. The van der Waals surface area contributed by atoms with Crippen LogP contribution in [0.5, 0.6) is 0 Å². The van der Waals surface area contributed by atoms with E-state index in [1.54, 1.807) is 16.8 Å². The fraction of sp³-hybridized carbons (Fsp3) is 0.361. The second-order valence-corrected chi connectivity index (χ2v) is 12.2. The molecule has 0 aliphatic carbocycles. The summed E-state index contributed by atoms with van der Waals surface area (Å²) >= 11 is 1.55. The Morgan fingerprint density at radius 2 is 1.13 bits per heavy atom. The predicted octanol–water partition coefficient (Wildman–Crippen LogP) is 7.50. The lowest BCUT2D eigenvalue weighted by Gasteiger charge is -2.21. The van der Waals surface area contributed by atoms with Crippen LogP contribution in [0.4, 0.5) is 0 Å². The first-order valence-electron chi connectivity index (χ1n) is 16.2. The zero-order chi connectivity index (χ0) is 32.3. The van der Waals surface area contributed by atoms with Crippen molar-refractivity contribution in [2.24, 2.45) is 0 Å². The Kier molecular flexibility index (Phi) is 11.5. The summed E-state index contributed by atoms with van der Waals surface area (Å²) in [6, 6.07) is 16.8. The van der Waals surface area contributed by atoms with Crippen LogP contribution in [0.25, 0.3) is 33.6 Å². The second-order valence-electron chi connectivity index (χ2n) is 11.5. The third kappa shape index (κ3) is 8.57. The Morgan fingerprint density at radius 1 is 0.652 bits per heavy atom. The third-order valence-electron chi connectivity index (χ3n) is 7.90. The van der Waals surface area contributed by atoms with Crippen LogP contribution in [0.3, 0.4) is 0 Å². The molecule has 0 saturated carbocycles. The molecule has 0 spiro atoms. The Hall–Kier alpha value is -4.57. The number of carbonyl (C=O) groups is 2. The molecule has 0 bridgehead atoms. The molecule has 9 nitrogen and oxygen atoms in total. The highest BCUT2D eigenvalue weighted by molar-refractivity contribution is 7.07. The minimum absolute atomic E-state index is 0.119. The number of aromatic nitrogens is 5. The molecule has 0 atom stereocenters. The fourth-order valence-corrected chi connectivity index (χ4v) is 6.07. The molecule has 0 unspecified atom stereocenters. The van der Waals surface area contributed by atoms with E-state index >= 15 is 0 Å². The third-order valence-corrected chi connectivity index (χ3v) is 8.53. The van der Waals surface area contributed by atoms with Gasteiger partial charge >= 0.3 is 0 Å². The highest BCUT2D eigenvalue weighted by Gasteiger charge is 2.17. The SMILES string of the molecule is CCCC(=O)N(CCC)Cc1ncc(-c2ccc(-c3ccc(-c4cnc(CN(CCC)C(=O)CCc5cscn5)[nH]4)cc3)cc2)[nH]1. The molecule has 240 valence electrons. The van der Waals surface area contributed by atoms with E-state index in [0.717, 1.165) is 76.8 Å². The van der Waals surface area contributed by atoms with Gasteiger partial charge in [-0.25, -0.2) is 15.0 Å². The Labute approximate surface area is 275 Å². The van der Waals surface area contributed by atoms with Gasteiger partial charge in [0.15, 0.2) is 0 Å². The van der Waals surface area contributed by atoms with E-state index in [1.807, 2.05) is 34.5 Å². The smallest absolute Gasteiger partial charge is 0.223 e.